The van der Waals surface area contributed by atoms with Crippen molar-refractivity contribution in [3.63, 3.8) is 0 Å². The van der Waals surface area contributed by atoms with E-state index in [2.05, 4.69) is 10.5 Å². The number of allylic oxidation sites excluding steroid dienone is 1. The average Bonchev–Trinajstić information content (AvgIpc) is 2.63. The highest BCUT2D eigenvalue weighted by atomic mass is 32.1. The normalized spacial score (nSPS) is 17.9. The summed E-state index contributed by atoms with van der Waals surface area (Å²) in [5, 5.41) is 5.17. The summed E-state index contributed by atoms with van der Waals surface area (Å²) in [5.74, 6) is 0.645. The molecule has 2 aliphatic heterocycles. The zero-order chi connectivity index (χ0) is 13.0. The first kappa shape index (κ1) is 11.3. The van der Waals surface area contributed by atoms with Crippen molar-refractivity contribution >= 4 is 28.2 Å². The van der Waals surface area contributed by atoms with Gasteiger partial charge in [-0.15, -0.1) is 16.4 Å². The number of carbonyl (C=O) groups excluding carboxylic acids is 1. The van der Waals surface area contributed by atoms with Crippen LogP contribution in [0.2, 0.25) is 0 Å². The smallest absolute Gasteiger partial charge is 0.263 e. The molecule has 0 fully saturated rings. The molecule has 0 saturated heterocycles. The van der Waals surface area contributed by atoms with Crippen LogP contribution in [0.4, 0.5) is 5.00 Å². The van der Waals surface area contributed by atoms with Crippen molar-refractivity contribution in [2.45, 2.75) is 20.8 Å². The highest BCUT2D eigenvalue weighted by molar-refractivity contribution is 7.17. The number of rotatable bonds is 0. The van der Waals surface area contributed by atoms with Crippen molar-refractivity contribution in [2.24, 2.45) is 5.10 Å². The van der Waals surface area contributed by atoms with Gasteiger partial charge in [-0.25, -0.2) is 0 Å². The van der Waals surface area contributed by atoms with Gasteiger partial charge in [0.1, 0.15) is 5.00 Å². The Bertz CT molecular complexity index is 614. The third-order valence-electron chi connectivity index (χ3n) is 3.38. The Balaban J connectivity index is 2.29. The molecule has 0 atom stereocenters. The van der Waals surface area contributed by atoms with Crippen molar-refractivity contribution in [1.29, 1.82) is 0 Å². The van der Waals surface area contributed by atoms with E-state index in [0.29, 0.717) is 5.96 Å². The van der Waals surface area contributed by atoms with Gasteiger partial charge in [0, 0.05) is 23.8 Å². The van der Waals surface area contributed by atoms with E-state index in [4.69, 9.17) is 0 Å². The Morgan fingerprint density at radius 1 is 1.33 bits per heavy atom. The second kappa shape index (κ2) is 3.58. The molecule has 0 aromatic carbocycles. The number of nitrogens with one attached hydrogen (secondary N) is 1. The number of amides is 1. The molecule has 1 N–H and O–H groups in total. The fraction of sp³-hybridized carbons (Fsp3) is 0.333. The maximum atomic E-state index is 12.4. The van der Waals surface area contributed by atoms with Crippen molar-refractivity contribution in [1.82, 2.24) is 10.3 Å². The fourth-order valence-corrected chi connectivity index (χ4v) is 3.41. The second-order valence-corrected chi connectivity index (χ2v) is 5.69. The number of hydrogen-bond donors (Lipinski definition) is 1. The second-order valence-electron chi connectivity index (χ2n) is 4.49. The molecule has 1 aromatic rings. The molecule has 0 bridgehead atoms. The first-order chi connectivity index (χ1) is 8.52. The van der Waals surface area contributed by atoms with Gasteiger partial charge < -0.3 is 0 Å². The van der Waals surface area contributed by atoms with E-state index >= 15 is 0 Å². The molecule has 1 amide bonds. The Labute approximate surface area is 109 Å². The van der Waals surface area contributed by atoms with Gasteiger partial charge >= 0.3 is 0 Å². The van der Waals surface area contributed by atoms with E-state index in [9.17, 15) is 4.79 Å². The lowest BCUT2D eigenvalue weighted by molar-refractivity contribution is 0.0864. The number of carbonyl (C=O) groups is 1. The van der Waals surface area contributed by atoms with E-state index in [1.165, 1.54) is 4.88 Å². The third-order valence-corrected chi connectivity index (χ3v) is 4.57. The Hall–Kier alpha value is -1.82. The van der Waals surface area contributed by atoms with Gasteiger partial charge in [-0.3, -0.25) is 20.0 Å². The van der Waals surface area contributed by atoms with Gasteiger partial charge in [0.25, 0.3) is 5.91 Å². The summed E-state index contributed by atoms with van der Waals surface area (Å²) >= 11 is 1.64. The summed E-state index contributed by atoms with van der Waals surface area (Å²) in [5.41, 5.74) is 5.73. The van der Waals surface area contributed by atoms with Crippen LogP contribution in [-0.2, 0) is 0 Å². The van der Waals surface area contributed by atoms with Crippen molar-refractivity contribution in [3.8, 4) is 0 Å². The molecule has 2 aliphatic rings. The minimum Gasteiger partial charge on any atom is -0.280 e. The predicted molar refractivity (Wildman–Crippen MR) is 72.7 cm³/mol. The molecular formula is C12H14N4OS. The Morgan fingerprint density at radius 2 is 2.06 bits per heavy atom. The average molecular weight is 262 g/mol. The quantitative estimate of drug-likeness (QED) is 0.778. The number of hydrazone groups is 1. The maximum Gasteiger partial charge on any atom is 0.263 e. The summed E-state index contributed by atoms with van der Waals surface area (Å²) in [4.78, 5) is 17.2. The van der Waals surface area contributed by atoms with Crippen LogP contribution in [0.1, 0.15) is 27.7 Å². The number of guanidine groups is 1. The molecule has 0 aliphatic carbocycles. The lowest BCUT2D eigenvalue weighted by Crippen LogP contribution is -2.51. The fourth-order valence-electron chi connectivity index (χ4n) is 2.21. The van der Waals surface area contributed by atoms with Gasteiger partial charge in [0.05, 0.1) is 5.56 Å². The van der Waals surface area contributed by atoms with Crippen molar-refractivity contribution in [3.05, 3.63) is 27.9 Å². The zero-order valence-corrected chi connectivity index (χ0v) is 11.6. The van der Waals surface area contributed by atoms with Gasteiger partial charge in [0.15, 0.2) is 0 Å². The summed E-state index contributed by atoms with van der Waals surface area (Å²) in [6.45, 7) is 6.04. The number of anilines is 1. The monoisotopic (exact) mass is 262 g/mol. The topological polar surface area (TPSA) is 47.9 Å². The Morgan fingerprint density at radius 3 is 2.78 bits per heavy atom. The van der Waals surface area contributed by atoms with Crippen LogP contribution in [0.15, 0.2) is 17.0 Å². The van der Waals surface area contributed by atoms with Gasteiger partial charge in [0.2, 0.25) is 5.96 Å². The summed E-state index contributed by atoms with van der Waals surface area (Å²) in [6.07, 6.45) is 1.83. The Kier molecular flexibility index (Phi) is 2.25. The molecule has 94 valence electrons. The molecular weight excluding hydrogens is 248 g/mol. The first-order valence-corrected chi connectivity index (χ1v) is 6.52. The number of aryl methyl sites for hydroxylation is 1. The molecule has 0 radical (unpaired) electrons. The molecule has 1 aromatic heterocycles. The van der Waals surface area contributed by atoms with E-state index < -0.39 is 0 Å². The summed E-state index contributed by atoms with van der Waals surface area (Å²) in [7, 11) is 1.75. The molecule has 0 spiro atoms. The molecule has 3 rings (SSSR count). The van der Waals surface area contributed by atoms with Gasteiger partial charge in [-0.1, -0.05) is 0 Å². The number of thiophene rings is 1. The first-order valence-electron chi connectivity index (χ1n) is 5.70. The van der Waals surface area contributed by atoms with Crippen LogP contribution in [0.3, 0.4) is 0 Å². The van der Waals surface area contributed by atoms with Crippen LogP contribution < -0.4 is 10.3 Å². The molecule has 18 heavy (non-hydrogen) atoms. The summed E-state index contributed by atoms with van der Waals surface area (Å²) < 4.78 is 0. The van der Waals surface area contributed by atoms with Crippen LogP contribution in [-0.4, -0.2) is 23.8 Å². The number of nitrogens with zero attached hydrogens (tertiary/aromatic N) is 3. The summed E-state index contributed by atoms with van der Waals surface area (Å²) in [6, 6.07) is 0. The molecule has 0 unspecified atom stereocenters. The van der Waals surface area contributed by atoms with E-state index in [0.717, 1.165) is 21.8 Å². The number of hydrogen-bond acceptors (Lipinski definition) is 5. The minimum atomic E-state index is 0.0124. The van der Waals surface area contributed by atoms with E-state index in [1.54, 1.807) is 23.3 Å². The van der Waals surface area contributed by atoms with Gasteiger partial charge in [-0.2, -0.15) is 0 Å². The zero-order valence-electron chi connectivity index (χ0n) is 10.7. The minimum absolute atomic E-state index is 0.0124. The molecule has 0 saturated carbocycles. The standard InChI is InChI=1S/C12H14N4OS/c1-6-5-13-14-12-15(4)10(17)9-7(2)8(3)18-11(9)16(6)12/h5,13H,1-4H3. The highest BCUT2D eigenvalue weighted by Gasteiger charge is 2.38. The van der Waals surface area contributed by atoms with Crippen molar-refractivity contribution in [2.75, 3.05) is 11.9 Å². The molecule has 6 heteroatoms. The van der Waals surface area contributed by atoms with E-state index in [1.807, 2.05) is 31.9 Å². The van der Waals surface area contributed by atoms with Crippen LogP contribution in [0.25, 0.3) is 0 Å². The van der Waals surface area contributed by atoms with Crippen LogP contribution in [0.5, 0.6) is 0 Å². The number of fused-ring (bicyclic) bond motifs is 3. The third kappa shape index (κ3) is 1.26. The lowest BCUT2D eigenvalue weighted by Gasteiger charge is -2.37. The largest absolute Gasteiger partial charge is 0.280 e. The van der Waals surface area contributed by atoms with Crippen LogP contribution in [0, 0.1) is 13.8 Å². The van der Waals surface area contributed by atoms with E-state index in [-0.39, 0.29) is 5.91 Å². The SMILES string of the molecule is CC1=CNN=C2N(C)C(=O)c3c(sc(C)c3C)N12. The lowest BCUT2D eigenvalue weighted by atomic mass is 10.1. The van der Waals surface area contributed by atoms with Gasteiger partial charge in [-0.05, 0) is 26.3 Å². The predicted octanol–water partition coefficient (Wildman–Crippen LogP) is 1.99. The highest BCUT2D eigenvalue weighted by Crippen LogP contribution is 2.41. The van der Waals surface area contributed by atoms with Crippen molar-refractivity contribution < 1.29 is 4.79 Å². The maximum absolute atomic E-state index is 12.4. The molecule has 3 heterocycles. The molecule has 5 nitrogen and oxygen atoms in total. The van der Waals surface area contributed by atoms with Crippen LogP contribution >= 0.6 is 11.3 Å².